The lowest BCUT2D eigenvalue weighted by Crippen LogP contribution is -2.49. The number of benzene rings is 4. The van der Waals surface area contributed by atoms with Crippen LogP contribution in [0.4, 0.5) is 5.69 Å². The van der Waals surface area contributed by atoms with E-state index in [0.29, 0.717) is 36.9 Å². The average Bonchev–Trinajstić information content (AvgIpc) is 2.99. The zero-order chi connectivity index (χ0) is 28.0. The Morgan fingerprint density at radius 1 is 0.750 bits per heavy atom. The molecule has 0 aromatic heterocycles. The van der Waals surface area contributed by atoms with Gasteiger partial charge in [-0.3, -0.25) is 9.69 Å². The van der Waals surface area contributed by atoms with E-state index in [1.54, 1.807) is 24.3 Å². The lowest BCUT2D eigenvalue weighted by molar-refractivity contribution is -0.111. The molecule has 4 aromatic rings. The first-order valence-electron chi connectivity index (χ1n) is 13.1. The summed E-state index contributed by atoms with van der Waals surface area (Å²) < 4.78 is 28.4. The molecule has 4 aromatic carbocycles. The topological polar surface area (TPSA) is 69.7 Å². The molecule has 0 radical (unpaired) electrons. The Labute approximate surface area is 240 Å². The summed E-state index contributed by atoms with van der Waals surface area (Å²) in [7, 11) is -3.67. The van der Waals surface area contributed by atoms with Crippen LogP contribution in [0.5, 0.6) is 0 Å². The largest absolute Gasteiger partial charge is 0.323 e. The maximum atomic E-state index is 13.4. The summed E-state index contributed by atoms with van der Waals surface area (Å²) in [6.07, 6.45) is 3.03. The van der Waals surface area contributed by atoms with Crippen molar-refractivity contribution in [2.45, 2.75) is 10.9 Å². The van der Waals surface area contributed by atoms with Crippen LogP contribution in [0.1, 0.15) is 22.7 Å². The van der Waals surface area contributed by atoms with E-state index >= 15 is 0 Å². The number of hydrogen-bond acceptors (Lipinski definition) is 4. The van der Waals surface area contributed by atoms with Crippen LogP contribution in [-0.4, -0.2) is 49.7 Å². The molecule has 0 spiro atoms. The van der Waals surface area contributed by atoms with Gasteiger partial charge in [0.25, 0.3) is 0 Å². The number of sulfonamides is 1. The van der Waals surface area contributed by atoms with Crippen LogP contribution in [0.3, 0.4) is 0 Å². The molecule has 0 unspecified atom stereocenters. The molecule has 40 heavy (non-hydrogen) atoms. The summed E-state index contributed by atoms with van der Waals surface area (Å²) in [5, 5.41) is 3.31. The predicted molar refractivity (Wildman–Crippen MR) is 161 cm³/mol. The molecule has 1 saturated heterocycles. The molecule has 0 bridgehead atoms. The van der Waals surface area contributed by atoms with E-state index in [2.05, 4.69) is 34.5 Å². The first-order chi connectivity index (χ1) is 19.4. The standard InChI is InChI=1S/C32H30ClN3O3S/c33-30-14-8-7-9-25(30)15-20-31(37)34-28-16-18-29(19-17-28)40(38,39)36-23-21-35(22-24-36)32(26-10-3-1-4-11-26)27-12-5-2-6-13-27/h1-20,32H,21-24H2,(H,34,37). The lowest BCUT2D eigenvalue weighted by Gasteiger charge is -2.39. The van der Waals surface area contributed by atoms with Crippen molar-refractivity contribution < 1.29 is 13.2 Å². The highest BCUT2D eigenvalue weighted by Crippen LogP contribution is 2.30. The number of carbonyl (C=O) groups excluding carboxylic acids is 1. The summed E-state index contributed by atoms with van der Waals surface area (Å²) in [4.78, 5) is 14.9. The number of piperazine rings is 1. The van der Waals surface area contributed by atoms with Gasteiger partial charge in [-0.25, -0.2) is 8.42 Å². The molecule has 1 amide bonds. The zero-order valence-corrected chi connectivity index (χ0v) is 23.4. The van der Waals surface area contributed by atoms with Crippen LogP contribution in [0.2, 0.25) is 5.02 Å². The molecule has 1 aliphatic heterocycles. The third-order valence-electron chi connectivity index (χ3n) is 6.95. The van der Waals surface area contributed by atoms with Gasteiger partial charge < -0.3 is 5.32 Å². The Kier molecular flexibility index (Phi) is 8.77. The van der Waals surface area contributed by atoms with E-state index in [-0.39, 0.29) is 16.8 Å². The Morgan fingerprint density at radius 3 is 1.88 bits per heavy atom. The van der Waals surface area contributed by atoms with Crippen molar-refractivity contribution in [2.75, 3.05) is 31.5 Å². The number of amides is 1. The monoisotopic (exact) mass is 571 g/mol. The van der Waals surface area contributed by atoms with Gasteiger partial charge >= 0.3 is 0 Å². The number of nitrogens with one attached hydrogen (secondary N) is 1. The molecule has 8 heteroatoms. The number of hydrogen-bond donors (Lipinski definition) is 1. The van der Waals surface area contributed by atoms with Crippen LogP contribution in [0, 0.1) is 0 Å². The quantitative estimate of drug-likeness (QED) is 0.260. The normalized spacial score (nSPS) is 14.9. The van der Waals surface area contributed by atoms with Crippen molar-refractivity contribution in [3.05, 3.63) is 137 Å². The fourth-order valence-corrected chi connectivity index (χ4v) is 6.53. The predicted octanol–water partition coefficient (Wildman–Crippen LogP) is 6.09. The van der Waals surface area contributed by atoms with Gasteiger partial charge in [-0.15, -0.1) is 0 Å². The first kappa shape index (κ1) is 27.8. The lowest BCUT2D eigenvalue weighted by atomic mass is 9.96. The third kappa shape index (κ3) is 6.51. The van der Waals surface area contributed by atoms with E-state index in [9.17, 15) is 13.2 Å². The molecular formula is C32H30ClN3O3S. The van der Waals surface area contributed by atoms with Crippen molar-refractivity contribution >= 4 is 39.3 Å². The minimum absolute atomic E-state index is 0.0575. The molecule has 1 N–H and O–H groups in total. The number of rotatable bonds is 8. The fourth-order valence-electron chi connectivity index (χ4n) is 4.91. The summed E-state index contributed by atoms with van der Waals surface area (Å²) in [5.41, 5.74) is 3.61. The molecule has 5 rings (SSSR count). The molecule has 204 valence electrons. The second-order valence-corrected chi connectivity index (χ2v) is 11.9. The van der Waals surface area contributed by atoms with E-state index in [1.165, 1.54) is 33.6 Å². The van der Waals surface area contributed by atoms with Crippen molar-refractivity contribution in [3.8, 4) is 0 Å². The van der Waals surface area contributed by atoms with E-state index in [1.807, 2.05) is 54.6 Å². The van der Waals surface area contributed by atoms with Crippen LogP contribution < -0.4 is 5.32 Å². The molecule has 0 atom stereocenters. The molecule has 6 nitrogen and oxygen atoms in total. The Morgan fingerprint density at radius 2 is 1.30 bits per heavy atom. The molecule has 0 saturated carbocycles. The second kappa shape index (κ2) is 12.6. The first-order valence-corrected chi connectivity index (χ1v) is 14.9. The Hall–Kier alpha value is -3.75. The van der Waals surface area contributed by atoms with Gasteiger partial charge in [-0.2, -0.15) is 4.31 Å². The Bertz CT molecular complexity index is 1530. The average molecular weight is 572 g/mol. The van der Waals surface area contributed by atoms with Crippen LogP contribution >= 0.6 is 11.6 Å². The molecule has 1 heterocycles. The van der Waals surface area contributed by atoms with Crippen molar-refractivity contribution in [3.63, 3.8) is 0 Å². The van der Waals surface area contributed by atoms with E-state index < -0.39 is 10.0 Å². The minimum atomic E-state index is -3.67. The summed E-state index contributed by atoms with van der Waals surface area (Å²) in [5.74, 6) is -0.335. The maximum absolute atomic E-state index is 13.4. The number of halogens is 1. The number of nitrogens with zero attached hydrogens (tertiary/aromatic N) is 2. The molecule has 1 fully saturated rings. The minimum Gasteiger partial charge on any atom is -0.323 e. The van der Waals surface area contributed by atoms with Gasteiger partial charge in [0, 0.05) is 43.0 Å². The zero-order valence-electron chi connectivity index (χ0n) is 21.9. The van der Waals surface area contributed by atoms with E-state index in [4.69, 9.17) is 11.6 Å². The van der Waals surface area contributed by atoms with Gasteiger partial charge in [0.15, 0.2) is 0 Å². The Balaban J connectivity index is 1.23. The van der Waals surface area contributed by atoms with Crippen molar-refractivity contribution in [2.24, 2.45) is 0 Å². The van der Waals surface area contributed by atoms with Gasteiger partial charge in [-0.1, -0.05) is 90.5 Å². The summed E-state index contributed by atoms with van der Waals surface area (Å²) >= 11 is 6.13. The fraction of sp³-hybridized carbons (Fsp3) is 0.156. The second-order valence-electron chi connectivity index (χ2n) is 9.53. The number of anilines is 1. The number of carbonyl (C=O) groups is 1. The third-order valence-corrected chi connectivity index (χ3v) is 9.21. The molecule has 1 aliphatic rings. The highest BCUT2D eigenvalue weighted by Gasteiger charge is 2.32. The van der Waals surface area contributed by atoms with E-state index in [0.717, 1.165) is 5.56 Å². The van der Waals surface area contributed by atoms with Gasteiger partial charge in [-0.05, 0) is 53.1 Å². The van der Waals surface area contributed by atoms with Crippen molar-refractivity contribution in [1.82, 2.24) is 9.21 Å². The summed E-state index contributed by atoms with van der Waals surface area (Å²) in [6.45, 7) is 2.01. The molecule has 0 aliphatic carbocycles. The summed E-state index contributed by atoms with van der Waals surface area (Å²) in [6, 6.07) is 34.2. The van der Waals surface area contributed by atoms with Crippen LogP contribution in [-0.2, 0) is 14.8 Å². The van der Waals surface area contributed by atoms with Crippen LogP contribution in [0.15, 0.2) is 120 Å². The maximum Gasteiger partial charge on any atom is 0.248 e. The molecular weight excluding hydrogens is 542 g/mol. The van der Waals surface area contributed by atoms with Gasteiger partial charge in [0.05, 0.1) is 10.9 Å². The van der Waals surface area contributed by atoms with Gasteiger partial charge in [0.2, 0.25) is 15.9 Å². The van der Waals surface area contributed by atoms with Crippen molar-refractivity contribution in [1.29, 1.82) is 0 Å². The van der Waals surface area contributed by atoms with Crippen LogP contribution in [0.25, 0.3) is 6.08 Å². The smallest absolute Gasteiger partial charge is 0.248 e. The highest BCUT2D eigenvalue weighted by atomic mass is 35.5. The SMILES string of the molecule is O=C(C=Cc1ccccc1Cl)Nc1ccc(S(=O)(=O)N2CCN(C(c3ccccc3)c3ccccc3)CC2)cc1. The van der Waals surface area contributed by atoms with Gasteiger partial charge in [0.1, 0.15) is 0 Å². The highest BCUT2D eigenvalue weighted by molar-refractivity contribution is 7.89.